The Bertz CT molecular complexity index is 822. The fraction of sp³-hybridized carbons (Fsp3) is 0.381. The first-order valence-corrected chi connectivity index (χ1v) is 9.56. The number of benzene rings is 2. The van der Waals surface area contributed by atoms with Crippen molar-refractivity contribution >= 4 is 17.4 Å². The lowest BCUT2D eigenvalue weighted by atomic mass is 10.0. The Morgan fingerprint density at radius 3 is 2.50 bits per heavy atom. The van der Waals surface area contributed by atoms with E-state index in [2.05, 4.69) is 27.4 Å². The number of carbonyl (C=O) groups excluding carboxylic acids is 1. The molecule has 0 bridgehead atoms. The van der Waals surface area contributed by atoms with Crippen molar-refractivity contribution in [2.45, 2.75) is 19.9 Å². The van der Waals surface area contributed by atoms with E-state index in [-0.39, 0.29) is 11.5 Å². The molecule has 5 nitrogen and oxygen atoms in total. The minimum atomic E-state index is -0.538. The number of carbonyl (C=O) groups is 1. The van der Waals surface area contributed by atoms with Crippen LogP contribution in [0.3, 0.4) is 0 Å². The van der Waals surface area contributed by atoms with Crippen molar-refractivity contribution in [2.75, 3.05) is 42.9 Å². The molecule has 1 aliphatic heterocycles. The number of halogens is 2. The summed E-state index contributed by atoms with van der Waals surface area (Å²) in [6, 6.07) is 9.64. The number of likely N-dealkylation sites (N-methyl/N-ethyl adjacent to an activating group) is 1. The molecule has 0 aliphatic carbocycles. The van der Waals surface area contributed by atoms with Crippen LogP contribution in [0.2, 0.25) is 0 Å². The summed E-state index contributed by atoms with van der Waals surface area (Å²) < 4.78 is 27.7. The highest BCUT2D eigenvalue weighted by molar-refractivity contribution is 5.89. The maximum atomic E-state index is 13.9. The molecule has 1 saturated heterocycles. The Kier molecular flexibility index (Phi) is 6.46. The van der Waals surface area contributed by atoms with Crippen LogP contribution in [-0.2, 0) is 0 Å². The van der Waals surface area contributed by atoms with Crippen LogP contribution >= 0.6 is 0 Å². The topological polar surface area (TPSA) is 47.6 Å². The molecule has 0 radical (unpaired) electrons. The molecule has 2 aromatic carbocycles. The van der Waals surface area contributed by atoms with Gasteiger partial charge in [-0.2, -0.15) is 0 Å². The van der Waals surface area contributed by atoms with E-state index < -0.39 is 17.9 Å². The molecule has 7 heteroatoms. The standard InChI is InChI=1S/C21H26F2N4O/c1-3-26-10-12-27(13-11-26)20-9-8-16(22)14-17(20)15(2)24-21(28)25-19-7-5-4-6-18(19)23/h4-9,14-15H,3,10-13H2,1-2H3,(H2,24,25,28)/t15-/m1/s1. The lowest BCUT2D eigenvalue weighted by Gasteiger charge is -2.37. The number of anilines is 2. The highest BCUT2D eigenvalue weighted by Crippen LogP contribution is 2.28. The number of urea groups is 1. The van der Waals surface area contributed by atoms with Gasteiger partial charge in [0, 0.05) is 37.4 Å². The Morgan fingerprint density at radius 2 is 1.82 bits per heavy atom. The SMILES string of the molecule is CCN1CCN(c2ccc(F)cc2[C@@H](C)NC(=O)Nc2ccccc2F)CC1. The predicted octanol–water partition coefficient (Wildman–Crippen LogP) is 3.99. The lowest BCUT2D eigenvalue weighted by molar-refractivity contribution is 0.249. The van der Waals surface area contributed by atoms with Gasteiger partial charge in [-0.15, -0.1) is 0 Å². The maximum Gasteiger partial charge on any atom is 0.319 e. The van der Waals surface area contributed by atoms with Crippen LogP contribution in [-0.4, -0.2) is 43.7 Å². The van der Waals surface area contributed by atoms with Gasteiger partial charge in [0.1, 0.15) is 11.6 Å². The van der Waals surface area contributed by atoms with Gasteiger partial charge in [-0.1, -0.05) is 19.1 Å². The van der Waals surface area contributed by atoms with E-state index in [1.807, 2.05) is 0 Å². The molecule has 0 saturated carbocycles. The lowest BCUT2D eigenvalue weighted by Crippen LogP contribution is -2.46. The van der Waals surface area contributed by atoms with Crippen molar-refractivity contribution < 1.29 is 13.6 Å². The van der Waals surface area contributed by atoms with E-state index in [9.17, 15) is 13.6 Å². The van der Waals surface area contributed by atoms with E-state index in [1.165, 1.54) is 24.3 Å². The zero-order valence-corrected chi connectivity index (χ0v) is 16.2. The number of rotatable bonds is 5. The molecule has 1 fully saturated rings. The third-order valence-electron chi connectivity index (χ3n) is 5.09. The van der Waals surface area contributed by atoms with Crippen LogP contribution in [0.15, 0.2) is 42.5 Å². The first-order chi connectivity index (χ1) is 13.5. The molecule has 0 unspecified atom stereocenters. The van der Waals surface area contributed by atoms with Crippen molar-refractivity contribution in [3.8, 4) is 0 Å². The number of nitrogens with zero attached hydrogens (tertiary/aromatic N) is 2. The largest absolute Gasteiger partial charge is 0.369 e. The molecule has 2 amide bonds. The van der Waals surface area contributed by atoms with Crippen molar-refractivity contribution in [1.29, 1.82) is 0 Å². The maximum absolute atomic E-state index is 13.9. The normalized spacial score (nSPS) is 15.9. The molecule has 0 spiro atoms. The Morgan fingerprint density at radius 1 is 1.11 bits per heavy atom. The number of nitrogens with one attached hydrogen (secondary N) is 2. The van der Waals surface area contributed by atoms with Gasteiger partial charge in [-0.25, -0.2) is 13.6 Å². The second-order valence-electron chi connectivity index (χ2n) is 6.92. The minimum absolute atomic E-state index is 0.0994. The molecule has 150 valence electrons. The number of amides is 2. The first kappa shape index (κ1) is 20.1. The smallest absolute Gasteiger partial charge is 0.319 e. The quantitative estimate of drug-likeness (QED) is 0.814. The highest BCUT2D eigenvalue weighted by atomic mass is 19.1. The summed E-state index contributed by atoms with van der Waals surface area (Å²) in [4.78, 5) is 16.9. The van der Waals surface area contributed by atoms with Gasteiger partial charge in [-0.05, 0) is 43.8 Å². The molecule has 28 heavy (non-hydrogen) atoms. The van der Waals surface area contributed by atoms with E-state index in [0.717, 1.165) is 38.4 Å². The molecule has 1 heterocycles. The Balaban J connectivity index is 1.72. The molecule has 0 aromatic heterocycles. The molecule has 3 rings (SSSR count). The summed E-state index contributed by atoms with van der Waals surface area (Å²) >= 11 is 0. The highest BCUT2D eigenvalue weighted by Gasteiger charge is 2.22. The Labute approximate surface area is 164 Å². The minimum Gasteiger partial charge on any atom is -0.369 e. The molecule has 2 aromatic rings. The van der Waals surface area contributed by atoms with Crippen molar-refractivity contribution in [2.24, 2.45) is 0 Å². The van der Waals surface area contributed by atoms with Crippen LogP contribution < -0.4 is 15.5 Å². The van der Waals surface area contributed by atoms with E-state index >= 15 is 0 Å². The summed E-state index contributed by atoms with van der Waals surface area (Å²) in [5.41, 5.74) is 1.71. The molecule has 1 atom stereocenters. The Hall–Kier alpha value is -2.67. The van der Waals surface area contributed by atoms with Gasteiger partial charge in [0.05, 0.1) is 11.7 Å². The number of para-hydroxylation sites is 1. The summed E-state index contributed by atoms with van der Waals surface area (Å²) in [6.45, 7) is 8.53. The summed E-state index contributed by atoms with van der Waals surface area (Å²) in [7, 11) is 0. The van der Waals surface area contributed by atoms with Crippen molar-refractivity contribution in [3.63, 3.8) is 0 Å². The van der Waals surface area contributed by atoms with Gasteiger partial charge in [-0.3, -0.25) is 0 Å². The van der Waals surface area contributed by atoms with Crippen molar-refractivity contribution in [3.05, 3.63) is 59.7 Å². The molecular formula is C21H26F2N4O. The van der Waals surface area contributed by atoms with E-state index in [0.29, 0.717) is 5.56 Å². The molecule has 1 aliphatic rings. The zero-order chi connectivity index (χ0) is 20.1. The number of hydrogen-bond donors (Lipinski definition) is 2. The third kappa shape index (κ3) is 4.78. The monoisotopic (exact) mass is 388 g/mol. The van der Waals surface area contributed by atoms with Gasteiger partial charge in [0.2, 0.25) is 0 Å². The second kappa shape index (κ2) is 9.01. The predicted molar refractivity (Wildman–Crippen MR) is 108 cm³/mol. The van der Waals surface area contributed by atoms with Gasteiger partial charge in [0.15, 0.2) is 0 Å². The van der Waals surface area contributed by atoms with Crippen LogP contribution in [0.25, 0.3) is 0 Å². The third-order valence-corrected chi connectivity index (χ3v) is 5.09. The number of piperazine rings is 1. The van der Waals surface area contributed by atoms with Crippen LogP contribution in [0, 0.1) is 11.6 Å². The summed E-state index contributed by atoms with van der Waals surface area (Å²) in [5, 5.41) is 5.28. The van der Waals surface area contributed by atoms with E-state index in [4.69, 9.17) is 0 Å². The average molecular weight is 388 g/mol. The van der Waals surface area contributed by atoms with Gasteiger partial charge in [0.25, 0.3) is 0 Å². The van der Waals surface area contributed by atoms with Crippen molar-refractivity contribution in [1.82, 2.24) is 10.2 Å². The average Bonchev–Trinajstić information content (AvgIpc) is 2.69. The van der Waals surface area contributed by atoms with Gasteiger partial charge < -0.3 is 20.4 Å². The van der Waals surface area contributed by atoms with Crippen LogP contribution in [0.1, 0.15) is 25.5 Å². The first-order valence-electron chi connectivity index (χ1n) is 9.56. The van der Waals surface area contributed by atoms with Crippen LogP contribution in [0.5, 0.6) is 0 Å². The molecular weight excluding hydrogens is 362 g/mol. The van der Waals surface area contributed by atoms with E-state index in [1.54, 1.807) is 25.1 Å². The fourth-order valence-electron chi connectivity index (χ4n) is 3.46. The van der Waals surface area contributed by atoms with Gasteiger partial charge >= 0.3 is 6.03 Å². The number of hydrogen-bond acceptors (Lipinski definition) is 3. The molecule has 2 N–H and O–H groups in total. The zero-order valence-electron chi connectivity index (χ0n) is 16.2. The van der Waals surface area contributed by atoms with Crippen LogP contribution in [0.4, 0.5) is 25.0 Å². The second-order valence-corrected chi connectivity index (χ2v) is 6.92. The fourth-order valence-corrected chi connectivity index (χ4v) is 3.46. The summed E-state index contributed by atoms with van der Waals surface area (Å²) in [5.74, 6) is -0.861. The summed E-state index contributed by atoms with van der Waals surface area (Å²) in [6.07, 6.45) is 0.